The molecule has 1 rings (SSSR count). The van der Waals surface area contributed by atoms with Crippen molar-refractivity contribution in [2.75, 3.05) is 7.11 Å². The van der Waals surface area contributed by atoms with Gasteiger partial charge in [-0.25, -0.2) is 4.79 Å². The molecule has 3 heteroatoms. The number of aliphatic hydroxyl groups is 1. The Balaban J connectivity index is 3.12. The van der Waals surface area contributed by atoms with Crippen LogP contribution in [0.5, 0.6) is 0 Å². The first-order valence-electron chi connectivity index (χ1n) is 7.55. The van der Waals surface area contributed by atoms with Gasteiger partial charge in [0.05, 0.1) is 7.11 Å². The van der Waals surface area contributed by atoms with Crippen LogP contribution in [0.1, 0.15) is 53.9 Å². The van der Waals surface area contributed by atoms with Crippen molar-refractivity contribution in [3.63, 3.8) is 0 Å². The van der Waals surface area contributed by atoms with Crippen molar-refractivity contribution in [2.24, 2.45) is 29.6 Å². The van der Waals surface area contributed by atoms with Crippen LogP contribution in [0.2, 0.25) is 0 Å². The summed E-state index contributed by atoms with van der Waals surface area (Å²) in [6, 6.07) is 0. The normalized spacial score (nSPS) is 31.3. The molecule has 19 heavy (non-hydrogen) atoms. The molecule has 4 atom stereocenters. The molecule has 3 nitrogen and oxygen atoms in total. The van der Waals surface area contributed by atoms with Crippen molar-refractivity contribution in [1.82, 2.24) is 0 Å². The largest absolute Gasteiger partial charge is 0.467 e. The van der Waals surface area contributed by atoms with Crippen molar-refractivity contribution in [3.8, 4) is 0 Å². The van der Waals surface area contributed by atoms with Gasteiger partial charge in [0.1, 0.15) is 0 Å². The molecule has 0 spiro atoms. The van der Waals surface area contributed by atoms with Crippen LogP contribution in [0.3, 0.4) is 0 Å². The summed E-state index contributed by atoms with van der Waals surface area (Å²) in [5.41, 5.74) is -1.35. The van der Waals surface area contributed by atoms with Gasteiger partial charge < -0.3 is 9.84 Å². The predicted molar refractivity (Wildman–Crippen MR) is 76.6 cm³/mol. The number of esters is 1. The molecule has 0 aliphatic heterocycles. The van der Waals surface area contributed by atoms with Crippen molar-refractivity contribution < 1.29 is 14.6 Å². The molecule has 0 heterocycles. The van der Waals surface area contributed by atoms with Gasteiger partial charge in [-0.05, 0) is 36.5 Å². The molecule has 0 radical (unpaired) electrons. The Bertz CT molecular complexity index is 311. The first-order chi connectivity index (χ1) is 8.75. The Morgan fingerprint density at radius 3 is 2.26 bits per heavy atom. The maximum absolute atomic E-state index is 12.2. The van der Waals surface area contributed by atoms with Crippen molar-refractivity contribution in [3.05, 3.63) is 0 Å². The molecule has 1 fully saturated rings. The van der Waals surface area contributed by atoms with Crippen LogP contribution in [-0.4, -0.2) is 23.8 Å². The molecule has 1 aliphatic rings. The topological polar surface area (TPSA) is 46.5 Å². The lowest BCUT2D eigenvalue weighted by atomic mass is 9.61. The fraction of sp³-hybridized carbons (Fsp3) is 0.938. The summed E-state index contributed by atoms with van der Waals surface area (Å²) in [5.74, 6) is 0.845. The third kappa shape index (κ3) is 3.13. The third-order valence-electron chi connectivity index (χ3n) is 4.98. The van der Waals surface area contributed by atoms with Gasteiger partial charge in [-0.15, -0.1) is 0 Å². The summed E-state index contributed by atoms with van der Waals surface area (Å²) in [5, 5.41) is 11.0. The molecule has 112 valence electrons. The minimum atomic E-state index is -1.35. The molecule has 0 amide bonds. The number of hydrogen-bond donors (Lipinski definition) is 1. The first-order valence-corrected chi connectivity index (χ1v) is 7.55. The van der Waals surface area contributed by atoms with E-state index in [1.807, 2.05) is 13.8 Å². The SMILES string of the molecule is COC(=O)C(O)(C(C)C)C1CC(C)CCC1C(C)C. The van der Waals surface area contributed by atoms with Crippen LogP contribution in [0.4, 0.5) is 0 Å². The van der Waals surface area contributed by atoms with Gasteiger partial charge in [-0.3, -0.25) is 0 Å². The number of carbonyl (C=O) groups excluding carboxylic acids is 1. The molecular formula is C16H30O3. The number of methoxy groups -OCH3 is 1. The molecule has 1 aliphatic carbocycles. The van der Waals surface area contributed by atoms with E-state index >= 15 is 0 Å². The Morgan fingerprint density at radius 2 is 1.84 bits per heavy atom. The second-order valence-electron chi connectivity index (χ2n) is 6.90. The molecule has 4 unspecified atom stereocenters. The van der Waals surface area contributed by atoms with E-state index in [0.29, 0.717) is 17.8 Å². The molecule has 0 bridgehead atoms. The second-order valence-corrected chi connectivity index (χ2v) is 6.90. The van der Waals surface area contributed by atoms with E-state index in [9.17, 15) is 9.90 Å². The predicted octanol–water partition coefficient (Wildman–Crippen LogP) is 3.25. The van der Waals surface area contributed by atoms with Crippen LogP contribution in [-0.2, 0) is 9.53 Å². The minimum Gasteiger partial charge on any atom is -0.467 e. The van der Waals surface area contributed by atoms with E-state index in [0.717, 1.165) is 12.8 Å². The second kappa shape index (κ2) is 6.25. The highest BCUT2D eigenvalue weighted by Crippen LogP contribution is 2.46. The summed E-state index contributed by atoms with van der Waals surface area (Å²) in [6.45, 7) is 10.4. The monoisotopic (exact) mass is 270 g/mol. The first kappa shape index (κ1) is 16.5. The van der Waals surface area contributed by atoms with Gasteiger partial charge in [0, 0.05) is 5.92 Å². The number of rotatable bonds is 4. The van der Waals surface area contributed by atoms with Crippen LogP contribution in [0.25, 0.3) is 0 Å². The molecule has 0 aromatic heterocycles. The highest BCUT2D eigenvalue weighted by molar-refractivity contribution is 5.80. The summed E-state index contributed by atoms with van der Waals surface area (Å²) in [7, 11) is 1.37. The van der Waals surface area contributed by atoms with Crippen LogP contribution < -0.4 is 0 Å². The van der Waals surface area contributed by atoms with Crippen molar-refractivity contribution in [1.29, 1.82) is 0 Å². The zero-order valence-electron chi connectivity index (χ0n) is 13.3. The fourth-order valence-electron chi connectivity index (χ4n) is 3.69. The number of ether oxygens (including phenoxy) is 1. The van der Waals surface area contributed by atoms with Crippen molar-refractivity contribution in [2.45, 2.75) is 59.5 Å². The Labute approximate surface area is 117 Å². The van der Waals surface area contributed by atoms with Gasteiger partial charge in [0.25, 0.3) is 0 Å². The lowest BCUT2D eigenvalue weighted by molar-refractivity contribution is -0.184. The molecule has 1 N–H and O–H groups in total. The lowest BCUT2D eigenvalue weighted by Crippen LogP contribution is -2.55. The maximum Gasteiger partial charge on any atom is 0.338 e. The zero-order valence-corrected chi connectivity index (χ0v) is 13.3. The van der Waals surface area contributed by atoms with Gasteiger partial charge in [-0.1, -0.05) is 41.0 Å². The molecule has 0 aromatic rings. The van der Waals surface area contributed by atoms with E-state index in [-0.39, 0.29) is 11.8 Å². The third-order valence-corrected chi connectivity index (χ3v) is 4.98. The van der Waals surface area contributed by atoms with Gasteiger partial charge in [-0.2, -0.15) is 0 Å². The summed E-state index contributed by atoms with van der Waals surface area (Å²) >= 11 is 0. The summed E-state index contributed by atoms with van der Waals surface area (Å²) in [6.07, 6.45) is 3.19. The Hall–Kier alpha value is -0.570. The summed E-state index contributed by atoms with van der Waals surface area (Å²) < 4.78 is 4.90. The standard InChI is InChI=1S/C16H30O3/c1-10(2)13-8-7-12(5)9-14(13)16(18,11(3)4)15(17)19-6/h10-14,18H,7-9H2,1-6H3. The van der Waals surface area contributed by atoms with Crippen LogP contribution in [0, 0.1) is 29.6 Å². The Morgan fingerprint density at radius 1 is 1.26 bits per heavy atom. The smallest absolute Gasteiger partial charge is 0.338 e. The fourth-order valence-corrected chi connectivity index (χ4v) is 3.69. The minimum absolute atomic E-state index is 0.00343. The molecule has 0 aromatic carbocycles. The van der Waals surface area contributed by atoms with Crippen molar-refractivity contribution >= 4 is 5.97 Å². The average Bonchev–Trinajstić information content (AvgIpc) is 2.35. The van der Waals surface area contributed by atoms with Crippen LogP contribution >= 0.6 is 0 Å². The quantitative estimate of drug-likeness (QED) is 0.798. The molecular weight excluding hydrogens is 240 g/mol. The maximum atomic E-state index is 12.2. The van der Waals surface area contributed by atoms with E-state index in [4.69, 9.17) is 4.74 Å². The average molecular weight is 270 g/mol. The van der Waals surface area contributed by atoms with E-state index < -0.39 is 11.6 Å². The van der Waals surface area contributed by atoms with E-state index in [1.165, 1.54) is 13.5 Å². The van der Waals surface area contributed by atoms with Gasteiger partial charge in [0.2, 0.25) is 0 Å². The highest BCUT2D eigenvalue weighted by atomic mass is 16.5. The summed E-state index contributed by atoms with van der Waals surface area (Å²) in [4.78, 5) is 12.2. The van der Waals surface area contributed by atoms with Gasteiger partial charge in [0.15, 0.2) is 5.60 Å². The number of hydrogen-bond acceptors (Lipinski definition) is 3. The molecule has 0 saturated heterocycles. The number of carbonyl (C=O) groups is 1. The Kier molecular flexibility index (Phi) is 5.43. The lowest BCUT2D eigenvalue weighted by Gasteiger charge is -2.46. The molecule has 1 saturated carbocycles. The van der Waals surface area contributed by atoms with E-state index in [2.05, 4.69) is 20.8 Å². The highest BCUT2D eigenvalue weighted by Gasteiger charge is 2.52. The van der Waals surface area contributed by atoms with Gasteiger partial charge >= 0.3 is 5.97 Å². The zero-order chi connectivity index (χ0) is 14.8. The van der Waals surface area contributed by atoms with E-state index in [1.54, 1.807) is 0 Å². The van der Waals surface area contributed by atoms with Crippen LogP contribution in [0.15, 0.2) is 0 Å².